The van der Waals surface area contributed by atoms with Crippen molar-refractivity contribution in [2.24, 2.45) is 0 Å². The van der Waals surface area contributed by atoms with Crippen LogP contribution in [0.1, 0.15) is 71.6 Å². The fourth-order valence-electron chi connectivity index (χ4n) is 6.15. The number of piperidine rings is 1. The lowest BCUT2D eigenvalue weighted by Crippen LogP contribution is -2.42. The van der Waals surface area contributed by atoms with Crippen LogP contribution in [0.5, 0.6) is 11.5 Å². The molecule has 0 amide bonds. The van der Waals surface area contributed by atoms with E-state index >= 15 is 0 Å². The number of rotatable bonds is 10. The Bertz CT molecular complexity index is 1030. The molecule has 0 saturated carbocycles. The van der Waals surface area contributed by atoms with Gasteiger partial charge in [-0.15, -0.1) is 0 Å². The first-order valence-corrected chi connectivity index (χ1v) is 15.1. The summed E-state index contributed by atoms with van der Waals surface area (Å²) in [5.74, 6) is 3.29. The molecule has 3 fully saturated rings. The second kappa shape index (κ2) is 13.2. The average molecular weight is 525 g/mol. The summed E-state index contributed by atoms with van der Waals surface area (Å²) in [5, 5.41) is 4.84. The highest BCUT2D eigenvalue weighted by Crippen LogP contribution is 2.36. The van der Waals surface area contributed by atoms with Gasteiger partial charge in [0.05, 0.1) is 19.2 Å². The lowest BCUT2D eigenvalue weighted by molar-refractivity contribution is 0.177. The minimum absolute atomic E-state index is 0.410. The molecule has 210 valence electrons. The number of ether oxygens (including phenoxy) is 2. The molecule has 3 aliphatic rings. The molecule has 3 aliphatic heterocycles. The molecule has 0 aliphatic carbocycles. The molecule has 3 saturated heterocycles. The smallest absolute Gasteiger partial charge is 0.227 e. The number of aromatic nitrogens is 2. The third kappa shape index (κ3) is 6.81. The number of likely N-dealkylation sites (tertiary alicyclic amines) is 2. The number of benzene rings is 1. The fourth-order valence-corrected chi connectivity index (χ4v) is 6.15. The molecule has 38 heavy (non-hydrogen) atoms. The molecule has 0 radical (unpaired) electrons. The van der Waals surface area contributed by atoms with Crippen molar-refractivity contribution in [2.75, 3.05) is 69.7 Å². The molecular formula is C30H48N6O2. The van der Waals surface area contributed by atoms with Crippen LogP contribution in [0, 0.1) is 0 Å². The first-order chi connectivity index (χ1) is 18.6. The zero-order valence-corrected chi connectivity index (χ0v) is 23.9. The molecule has 1 N–H and O–H groups in total. The minimum atomic E-state index is 0.410. The van der Waals surface area contributed by atoms with Crippen LogP contribution in [-0.4, -0.2) is 91.4 Å². The standard InChI is InChI=1S/C30H48N6O2/c1-23(2)35-18-11-24(12-19-35)31-29-25-21-27(37-3)28(38-20-10-15-34-13-8-9-14-34)22-26(25)32-30(33-29)36-16-6-4-5-7-17-36/h21-24H,4-20H2,1-3H3,(H,31,32,33). The van der Waals surface area contributed by atoms with Crippen LogP contribution in [0.2, 0.25) is 0 Å². The van der Waals surface area contributed by atoms with E-state index in [2.05, 4.69) is 46.0 Å². The molecule has 0 spiro atoms. The second-order valence-corrected chi connectivity index (χ2v) is 11.6. The molecule has 4 heterocycles. The van der Waals surface area contributed by atoms with Crippen molar-refractivity contribution < 1.29 is 9.47 Å². The first-order valence-electron chi connectivity index (χ1n) is 15.1. The molecule has 8 heteroatoms. The van der Waals surface area contributed by atoms with Crippen LogP contribution in [0.4, 0.5) is 11.8 Å². The molecule has 0 atom stereocenters. The molecule has 0 bridgehead atoms. The Kier molecular flexibility index (Phi) is 9.44. The van der Waals surface area contributed by atoms with E-state index < -0.39 is 0 Å². The lowest BCUT2D eigenvalue weighted by atomic mass is 10.0. The van der Waals surface area contributed by atoms with Gasteiger partial charge in [0.1, 0.15) is 5.82 Å². The second-order valence-electron chi connectivity index (χ2n) is 11.6. The maximum Gasteiger partial charge on any atom is 0.227 e. The SMILES string of the molecule is COc1cc2c(NC3CCN(C(C)C)CC3)nc(N3CCCCCC3)nc2cc1OCCCN1CCCC1. The van der Waals surface area contributed by atoms with Gasteiger partial charge in [-0.25, -0.2) is 4.98 Å². The summed E-state index contributed by atoms with van der Waals surface area (Å²) in [6, 6.07) is 5.15. The minimum Gasteiger partial charge on any atom is -0.493 e. The van der Waals surface area contributed by atoms with Crippen molar-refractivity contribution in [3.8, 4) is 11.5 Å². The van der Waals surface area contributed by atoms with Gasteiger partial charge >= 0.3 is 0 Å². The summed E-state index contributed by atoms with van der Waals surface area (Å²) in [5.41, 5.74) is 0.928. The van der Waals surface area contributed by atoms with Gasteiger partial charge in [-0.2, -0.15) is 4.98 Å². The van der Waals surface area contributed by atoms with E-state index in [1.807, 2.05) is 0 Å². The van der Waals surface area contributed by atoms with Gasteiger partial charge in [0, 0.05) is 56.3 Å². The van der Waals surface area contributed by atoms with Crippen molar-refractivity contribution in [2.45, 2.75) is 83.7 Å². The van der Waals surface area contributed by atoms with Crippen LogP contribution >= 0.6 is 0 Å². The zero-order chi connectivity index (χ0) is 26.3. The molecular weight excluding hydrogens is 476 g/mol. The number of nitrogens with one attached hydrogen (secondary N) is 1. The van der Waals surface area contributed by atoms with E-state index in [4.69, 9.17) is 19.4 Å². The van der Waals surface area contributed by atoms with E-state index in [1.165, 1.54) is 51.6 Å². The highest BCUT2D eigenvalue weighted by molar-refractivity contribution is 5.93. The Labute approximate surface area is 229 Å². The van der Waals surface area contributed by atoms with Gasteiger partial charge in [0.25, 0.3) is 0 Å². The van der Waals surface area contributed by atoms with E-state index in [1.54, 1.807) is 7.11 Å². The number of anilines is 2. The summed E-state index contributed by atoms with van der Waals surface area (Å²) in [7, 11) is 1.72. The molecule has 2 aromatic rings. The van der Waals surface area contributed by atoms with Crippen molar-refractivity contribution in [3.63, 3.8) is 0 Å². The maximum atomic E-state index is 6.27. The van der Waals surface area contributed by atoms with Gasteiger partial charge < -0.3 is 29.5 Å². The number of fused-ring (bicyclic) bond motifs is 1. The molecule has 1 aromatic heterocycles. The number of methoxy groups -OCH3 is 1. The third-order valence-corrected chi connectivity index (χ3v) is 8.53. The summed E-state index contributed by atoms with van der Waals surface area (Å²) in [6.07, 6.45) is 10.9. The van der Waals surface area contributed by atoms with Gasteiger partial charge in [0.2, 0.25) is 5.95 Å². The summed E-state index contributed by atoms with van der Waals surface area (Å²) >= 11 is 0. The number of hydrogen-bond acceptors (Lipinski definition) is 8. The zero-order valence-electron chi connectivity index (χ0n) is 23.9. The topological polar surface area (TPSA) is 66.0 Å². The quantitative estimate of drug-likeness (QED) is 0.427. The van der Waals surface area contributed by atoms with Crippen molar-refractivity contribution >= 4 is 22.7 Å². The summed E-state index contributed by atoms with van der Waals surface area (Å²) < 4.78 is 12.1. The van der Waals surface area contributed by atoms with E-state index in [0.717, 1.165) is 86.2 Å². The number of hydrogen-bond donors (Lipinski definition) is 1. The predicted octanol–water partition coefficient (Wildman–Crippen LogP) is 5.17. The lowest BCUT2D eigenvalue weighted by Gasteiger charge is -2.35. The van der Waals surface area contributed by atoms with Crippen molar-refractivity contribution in [3.05, 3.63) is 12.1 Å². The van der Waals surface area contributed by atoms with E-state index in [-0.39, 0.29) is 0 Å². The Balaban J connectivity index is 1.38. The normalized spacial score (nSPS) is 20.3. The Morgan fingerprint density at radius 1 is 0.895 bits per heavy atom. The molecule has 8 nitrogen and oxygen atoms in total. The van der Waals surface area contributed by atoms with E-state index in [0.29, 0.717) is 18.7 Å². The first kappa shape index (κ1) is 27.3. The van der Waals surface area contributed by atoms with Crippen LogP contribution in [0.15, 0.2) is 12.1 Å². The Morgan fingerprint density at radius 3 is 2.29 bits per heavy atom. The van der Waals surface area contributed by atoms with Crippen LogP contribution in [0.25, 0.3) is 10.9 Å². The van der Waals surface area contributed by atoms with Gasteiger partial charge in [-0.05, 0) is 77.9 Å². The highest BCUT2D eigenvalue weighted by Gasteiger charge is 2.24. The van der Waals surface area contributed by atoms with Crippen LogP contribution in [-0.2, 0) is 0 Å². The average Bonchev–Trinajstić information content (AvgIpc) is 3.30. The maximum absolute atomic E-state index is 6.27. The molecule has 5 rings (SSSR count). The fraction of sp³-hybridized carbons (Fsp3) is 0.733. The van der Waals surface area contributed by atoms with Crippen molar-refractivity contribution in [1.29, 1.82) is 0 Å². The highest BCUT2D eigenvalue weighted by atomic mass is 16.5. The largest absolute Gasteiger partial charge is 0.493 e. The monoisotopic (exact) mass is 524 g/mol. The Morgan fingerprint density at radius 2 is 1.61 bits per heavy atom. The van der Waals surface area contributed by atoms with Gasteiger partial charge in [-0.1, -0.05) is 12.8 Å². The number of nitrogens with zero attached hydrogens (tertiary/aromatic N) is 5. The predicted molar refractivity (Wildman–Crippen MR) is 156 cm³/mol. The Hall–Kier alpha value is -2.32. The molecule has 1 aromatic carbocycles. The van der Waals surface area contributed by atoms with Crippen molar-refractivity contribution in [1.82, 2.24) is 19.8 Å². The third-order valence-electron chi connectivity index (χ3n) is 8.53. The van der Waals surface area contributed by atoms with Gasteiger partial charge in [0.15, 0.2) is 11.5 Å². The van der Waals surface area contributed by atoms with Crippen LogP contribution < -0.4 is 19.7 Å². The van der Waals surface area contributed by atoms with E-state index in [9.17, 15) is 0 Å². The molecule has 0 unspecified atom stereocenters. The summed E-state index contributed by atoms with van der Waals surface area (Å²) in [4.78, 5) is 17.7. The van der Waals surface area contributed by atoms with Gasteiger partial charge in [-0.3, -0.25) is 0 Å². The summed E-state index contributed by atoms with van der Waals surface area (Å²) in [6.45, 7) is 13.1. The van der Waals surface area contributed by atoms with Crippen LogP contribution in [0.3, 0.4) is 0 Å².